The molecule has 0 unspecified atom stereocenters. The lowest BCUT2D eigenvalue weighted by Crippen LogP contribution is -2.43. The van der Waals surface area contributed by atoms with Gasteiger partial charge in [-0.3, -0.25) is 10.1 Å². The van der Waals surface area contributed by atoms with Gasteiger partial charge in [0.25, 0.3) is 5.69 Å². The van der Waals surface area contributed by atoms with Crippen LogP contribution in [0.2, 0.25) is 0 Å². The molecular formula is C20H32N4O3. The molecule has 0 heterocycles. The number of guanidine groups is 1. The highest BCUT2D eigenvalue weighted by Gasteiger charge is 2.33. The van der Waals surface area contributed by atoms with Gasteiger partial charge in [0.05, 0.1) is 11.5 Å². The third kappa shape index (κ3) is 6.82. The van der Waals surface area contributed by atoms with Crippen molar-refractivity contribution < 1.29 is 9.66 Å². The summed E-state index contributed by atoms with van der Waals surface area (Å²) in [6.07, 6.45) is 6.05. The Labute approximate surface area is 161 Å². The summed E-state index contributed by atoms with van der Waals surface area (Å²) in [6, 6.07) is 6.64. The van der Waals surface area contributed by atoms with Gasteiger partial charge in [-0.05, 0) is 44.1 Å². The van der Waals surface area contributed by atoms with E-state index in [0.717, 1.165) is 44.2 Å². The van der Waals surface area contributed by atoms with E-state index in [4.69, 9.17) is 4.74 Å². The van der Waals surface area contributed by atoms with Crippen LogP contribution in [-0.2, 0) is 11.3 Å². The summed E-state index contributed by atoms with van der Waals surface area (Å²) in [5.41, 5.74) is 1.20. The first-order chi connectivity index (χ1) is 13.1. The Morgan fingerprint density at radius 3 is 2.74 bits per heavy atom. The van der Waals surface area contributed by atoms with Crippen LogP contribution in [0.5, 0.6) is 0 Å². The highest BCUT2D eigenvalue weighted by Crippen LogP contribution is 2.40. The van der Waals surface area contributed by atoms with E-state index in [1.165, 1.54) is 31.7 Å². The van der Waals surface area contributed by atoms with E-state index in [-0.39, 0.29) is 16.0 Å². The Morgan fingerprint density at radius 1 is 1.30 bits per heavy atom. The first-order valence-corrected chi connectivity index (χ1v) is 9.92. The van der Waals surface area contributed by atoms with Crippen LogP contribution in [0.3, 0.4) is 0 Å². The van der Waals surface area contributed by atoms with Crippen molar-refractivity contribution in [3.05, 3.63) is 39.9 Å². The molecule has 0 spiro atoms. The van der Waals surface area contributed by atoms with Gasteiger partial charge in [0.2, 0.25) is 0 Å². The van der Waals surface area contributed by atoms with Gasteiger partial charge in [-0.2, -0.15) is 0 Å². The molecule has 1 aliphatic rings. The Kier molecular flexibility index (Phi) is 8.51. The van der Waals surface area contributed by atoms with Crippen LogP contribution in [0.4, 0.5) is 5.69 Å². The summed E-state index contributed by atoms with van der Waals surface area (Å²) in [5, 5.41) is 17.7. The Balaban J connectivity index is 1.98. The summed E-state index contributed by atoms with van der Waals surface area (Å²) in [4.78, 5) is 15.2. The lowest BCUT2D eigenvalue weighted by atomic mass is 9.83. The van der Waals surface area contributed by atoms with E-state index in [9.17, 15) is 10.1 Å². The topological polar surface area (TPSA) is 88.8 Å². The Morgan fingerprint density at radius 2 is 2.07 bits per heavy atom. The van der Waals surface area contributed by atoms with Crippen LogP contribution in [0.1, 0.15) is 51.5 Å². The van der Waals surface area contributed by atoms with Gasteiger partial charge in [-0.1, -0.05) is 25.0 Å². The number of nitrogens with zero attached hydrogens (tertiary/aromatic N) is 2. The molecule has 0 aromatic heterocycles. The van der Waals surface area contributed by atoms with Crippen molar-refractivity contribution in [2.45, 2.75) is 52.5 Å². The fraction of sp³-hybridized carbons (Fsp3) is 0.650. The van der Waals surface area contributed by atoms with E-state index < -0.39 is 0 Å². The maximum atomic E-state index is 10.9. The summed E-state index contributed by atoms with van der Waals surface area (Å²) >= 11 is 0. The van der Waals surface area contributed by atoms with Crippen molar-refractivity contribution in [3.8, 4) is 0 Å². The monoisotopic (exact) mass is 376 g/mol. The molecule has 27 heavy (non-hydrogen) atoms. The number of ether oxygens (including phenoxy) is 1. The van der Waals surface area contributed by atoms with Gasteiger partial charge < -0.3 is 15.4 Å². The van der Waals surface area contributed by atoms with Gasteiger partial charge in [0, 0.05) is 38.4 Å². The van der Waals surface area contributed by atoms with Gasteiger partial charge in [0.15, 0.2) is 5.96 Å². The third-order valence-corrected chi connectivity index (χ3v) is 5.16. The molecule has 1 saturated carbocycles. The number of nitro benzene ring substituents is 1. The van der Waals surface area contributed by atoms with E-state index >= 15 is 0 Å². The highest BCUT2D eigenvalue weighted by atomic mass is 16.6. The zero-order valence-electron chi connectivity index (χ0n) is 16.5. The van der Waals surface area contributed by atoms with Crippen LogP contribution >= 0.6 is 0 Å². The number of benzene rings is 1. The molecule has 150 valence electrons. The molecule has 0 saturated heterocycles. The molecule has 1 aromatic rings. The number of hydrogen-bond donors (Lipinski definition) is 2. The lowest BCUT2D eigenvalue weighted by Gasteiger charge is -2.30. The maximum absolute atomic E-state index is 10.9. The largest absolute Gasteiger partial charge is 0.382 e. The van der Waals surface area contributed by atoms with E-state index in [2.05, 4.69) is 15.6 Å². The second-order valence-electron chi connectivity index (χ2n) is 7.13. The summed E-state index contributed by atoms with van der Waals surface area (Å²) in [6.45, 7) is 7.68. The molecule has 0 radical (unpaired) electrons. The zero-order valence-corrected chi connectivity index (χ0v) is 16.5. The second-order valence-corrected chi connectivity index (χ2v) is 7.13. The molecule has 7 nitrogen and oxygen atoms in total. The van der Waals surface area contributed by atoms with Gasteiger partial charge >= 0.3 is 0 Å². The van der Waals surface area contributed by atoms with Crippen molar-refractivity contribution in [2.24, 2.45) is 10.4 Å². The fourth-order valence-corrected chi connectivity index (χ4v) is 3.62. The molecule has 1 aromatic carbocycles. The van der Waals surface area contributed by atoms with Crippen molar-refractivity contribution in [3.63, 3.8) is 0 Å². The molecule has 2 rings (SSSR count). The van der Waals surface area contributed by atoms with Gasteiger partial charge in [-0.15, -0.1) is 0 Å². The second kappa shape index (κ2) is 10.9. The maximum Gasteiger partial charge on any atom is 0.269 e. The first-order valence-electron chi connectivity index (χ1n) is 9.92. The molecule has 0 aliphatic heterocycles. The molecule has 1 aliphatic carbocycles. The van der Waals surface area contributed by atoms with Crippen molar-refractivity contribution in [1.82, 2.24) is 10.6 Å². The predicted molar refractivity (Wildman–Crippen MR) is 108 cm³/mol. The SMILES string of the molecule is CCNC(=NCc1cccc([N+](=O)[O-])c1)NCC1(CCOCC)CCCC1. The number of hydrogen-bond acceptors (Lipinski definition) is 4. The molecule has 0 amide bonds. The van der Waals surface area contributed by atoms with Crippen LogP contribution < -0.4 is 10.6 Å². The normalized spacial score (nSPS) is 16.3. The molecule has 0 bridgehead atoms. The Bertz CT molecular complexity index is 627. The smallest absolute Gasteiger partial charge is 0.269 e. The van der Waals surface area contributed by atoms with Crippen LogP contribution in [-0.4, -0.2) is 37.2 Å². The van der Waals surface area contributed by atoms with E-state index in [1.807, 2.05) is 19.9 Å². The number of aliphatic imine (C=N–C) groups is 1. The molecular weight excluding hydrogens is 344 g/mol. The standard InChI is InChI=1S/C20H32N4O3/c1-3-21-19(22-15-17-8-7-9-18(14-17)24(25)26)23-16-20(10-5-6-11-20)12-13-27-4-2/h7-9,14H,3-6,10-13,15-16H2,1-2H3,(H2,21,22,23). The lowest BCUT2D eigenvalue weighted by molar-refractivity contribution is -0.384. The average molecular weight is 377 g/mol. The third-order valence-electron chi connectivity index (χ3n) is 5.16. The predicted octanol–water partition coefficient (Wildman–Crippen LogP) is 3.64. The van der Waals surface area contributed by atoms with Gasteiger partial charge in [-0.25, -0.2) is 4.99 Å². The summed E-state index contributed by atoms with van der Waals surface area (Å²) in [7, 11) is 0. The highest BCUT2D eigenvalue weighted by molar-refractivity contribution is 5.79. The average Bonchev–Trinajstić information content (AvgIpc) is 3.13. The fourth-order valence-electron chi connectivity index (χ4n) is 3.62. The van der Waals surface area contributed by atoms with Crippen LogP contribution in [0.25, 0.3) is 0 Å². The molecule has 0 atom stereocenters. The van der Waals surface area contributed by atoms with E-state index in [0.29, 0.717) is 6.54 Å². The number of nitro groups is 1. The zero-order chi connectivity index (χ0) is 19.5. The molecule has 1 fully saturated rings. The number of nitrogens with one attached hydrogen (secondary N) is 2. The minimum atomic E-state index is -0.376. The van der Waals surface area contributed by atoms with Crippen molar-refractivity contribution in [1.29, 1.82) is 0 Å². The molecule has 2 N–H and O–H groups in total. The number of rotatable bonds is 10. The molecule has 7 heteroatoms. The quantitative estimate of drug-likeness (QED) is 0.214. The van der Waals surface area contributed by atoms with E-state index in [1.54, 1.807) is 12.1 Å². The van der Waals surface area contributed by atoms with Crippen LogP contribution in [0, 0.1) is 15.5 Å². The minimum absolute atomic E-state index is 0.0986. The van der Waals surface area contributed by atoms with Crippen LogP contribution in [0.15, 0.2) is 29.3 Å². The first kappa shape index (κ1) is 21.2. The summed E-state index contributed by atoms with van der Waals surface area (Å²) < 4.78 is 5.58. The van der Waals surface area contributed by atoms with Crippen molar-refractivity contribution in [2.75, 3.05) is 26.3 Å². The number of non-ortho nitro benzene ring substituents is 1. The minimum Gasteiger partial charge on any atom is -0.382 e. The summed E-state index contributed by atoms with van der Waals surface area (Å²) in [5.74, 6) is 0.756. The van der Waals surface area contributed by atoms with Gasteiger partial charge in [0.1, 0.15) is 0 Å². The van der Waals surface area contributed by atoms with Crippen molar-refractivity contribution >= 4 is 11.6 Å². The Hall–Kier alpha value is -2.15.